The van der Waals surface area contributed by atoms with Crippen molar-refractivity contribution < 1.29 is 14.3 Å². The highest BCUT2D eigenvalue weighted by molar-refractivity contribution is 5.99. The third-order valence-corrected chi connectivity index (χ3v) is 1.66. The van der Waals surface area contributed by atoms with Gasteiger partial charge < -0.3 is 5.11 Å². The molecule has 0 bridgehead atoms. The van der Waals surface area contributed by atoms with E-state index in [0.29, 0.717) is 5.56 Å². The van der Waals surface area contributed by atoms with E-state index in [4.69, 9.17) is 0 Å². The quantitative estimate of drug-likeness (QED) is 0.684. The van der Waals surface area contributed by atoms with Crippen molar-refractivity contribution >= 4 is 5.78 Å². The maximum atomic E-state index is 11.9. The molecule has 0 aliphatic rings. The van der Waals surface area contributed by atoms with Gasteiger partial charge in [0, 0.05) is 0 Å². The van der Waals surface area contributed by atoms with E-state index in [1.54, 1.807) is 19.1 Å². The molecule has 64 valence electrons. The first kappa shape index (κ1) is 8.71. The minimum atomic E-state index is -1.07. The lowest BCUT2D eigenvalue weighted by Crippen LogP contribution is -2.01. The number of halogens is 1. The van der Waals surface area contributed by atoms with Crippen molar-refractivity contribution in [3.05, 3.63) is 29.3 Å². The number of rotatable bonds is 2. The van der Waals surface area contributed by atoms with Crippen LogP contribution in [0.4, 0.5) is 4.39 Å². The molecule has 3 heteroatoms. The highest BCUT2D eigenvalue weighted by atomic mass is 19.1. The average Bonchev–Trinajstić information content (AvgIpc) is 2.08. The van der Waals surface area contributed by atoms with Gasteiger partial charge in [-0.2, -0.15) is 0 Å². The fraction of sp³-hybridized carbons (Fsp3) is 0.222. The second kappa shape index (κ2) is 3.34. The third kappa shape index (κ3) is 1.44. The first-order valence-corrected chi connectivity index (χ1v) is 3.54. The Labute approximate surface area is 69.6 Å². The molecule has 0 fully saturated rings. The maximum absolute atomic E-state index is 11.9. The molecule has 0 unspecified atom stereocenters. The normalized spacial score (nSPS) is 9.83. The largest absolute Gasteiger partial charge is 0.507 e. The summed E-state index contributed by atoms with van der Waals surface area (Å²) >= 11 is 0. The van der Waals surface area contributed by atoms with E-state index >= 15 is 0 Å². The molecule has 1 aromatic carbocycles. The first-order chi connectivity index (χ1) is 5.66. The summed E-state index contributed by atoms with van der Waals surface area (Å²) in [5.74, 6) is -0.809. The van der Waals surface area contributed by atoms with E-state index in [9.17, 15) is 14.3 Å². The number of aryl methyl sites for hydroxylation is 1. The minimum Gasteiger partial charge on any atom is -0.507 e. The molecule has 0 aliphatic carbocycles. The highest BCUT2D eigenvalue weighted by Gasteiger charge is 2.10. The van der Waals surface area contributed by atoms with Crippen molar-refractivity contribution in [1.29, 1.82) is 0 Å². The number of phenols is 1. The number of carbonyl (C=O) groups excluding carboxylic acids is 1. The Morgan fingerprint density at radius 3 is 2.83 bits per heavy atom. The monoisotopic (exact) mass is 168 g/mol. The summed E-state index contributed by atoms with van der Waals surface area (Å²) in [5.41, 5.74) is 0.631. The van der Waals surface area contributed by atoms with E-state index in [-0.39, 0.29) is 11.3 Å². The zero-order valence-corrected chi connectivity index (χ0v) is 6.67. The molecule has 0 aliphatic heterocycles. The standard InChI is InChI=1S/C9H9FO2/c1-6-3-2-4-7(9(6)12)8(11)5-10/h2-4,12H,5H2,1H3. The van der Waals surface area contributed by atoms with Gasteiger partial charge in [0.1, 0.15) is 5.75 Å². The third-order valence-electron chi connectivity index (χ3n) is 1.66. The number of aromatic hydroxyl groups is 1. The molecule has 1 aromatic rings. The molecule has 0 heterocycles. The predicted octanol–water partition coefficient (Wildman–Crippen LogP) is 1.85. The number of ketones is 1. The number of hydrogen-bond acceptors (Lipinski definition) is 2. The SMILES string of the molecule is Cc1cccc(C(=O)CF)c1O. The summed E-state index contributed by atoms with van der Waals surface area (Å²) in [6.07, 6.45) is 0. The molecule has 0 atom stereocenters. The number of benzene rings is 1. The van der Waals surface area contributed by atoms with Crippen LogP contribution in [-0.2, 0) is 0 Å². The van der Waals surface area contributed by atoms with E-state index in [1.165, 1.54) is 6.07 Å². The average molecular weight is 168 g/mol. The second-order valence-electron chi connectivity index (χ2n) is 2.53. The van der Waals surface area contributed by atoms with Crippen molar-refractivity contribution in [3.8, 4) is 5.75 Å². The van der Waals surface area contributed by atoms with Gasteiger partial charge in [-0.15, -0.1) is 0 Å². The van der Waals surface area contributed by atoms with Crippen LogP contribution in [0.3, 0.4) is 0 Å². The molecular weight excluding hydrogens is 159 g/mol. The summed E-state index contributed by atoms with van der Waals surface area (Å²) in [6.45, 7) is 0.585. The molecule has 12 heavy (non-hydrogen) atoms. The fourth-order valence-corrected chi connectivity index (χ4v) is 0.956. The Morgan fingerprint density at radius 2 is 2.25 bits per heavy atom. The Bertz CT molecular complexity index is 307. The summed E-state index contributed by atoms with van der Waals surface area (Å²) in [6, 6.07) is 4.67. The van der Waals surface area contributed by atoms with Gasteiger partial charge >= 0.3 is 0 Å². The van der Waals surface area contributed by atoms with Gasteiger partial charge in [0.25, 0.3) is 0 Å². The summed E-state index contributed by atoms with van der Waals surface area (Å²) in [5, 5.41) is 9.31. The van der Waals surface area contributed by atoms with Gasteiger partial charge in [0.05, 0.1) is 5.56 Å². The fourth-order valence-electron chi connectivity index (χ4n) is 0.956. The van der Waals surface area contributed by atoms with Crippen LogP contribution in [0.25, 0.3) is 0 Å². The van der Waals surface area contributed by atoms with Crippen molar-refractivity contribution in [2.45, 2.75) is 6.92 Å². The Balaban J connectivity index is 3.16. The first-order valence-electron chi connectivity index (χ1n) is 3.54. The van der Waals surface area contributed by atoms with Crippen LogP contribution < -0.4 is 0 Å². The molecule has 1 rings (SSSR count). The minimum absolute atomic E-state index is 0.0532. The van der Waals surface area contributed by atoms with Crippen LogP contribution in [0, 0.1) is 6.92 Å². The molecule has 0 saturated heterocycles. The van der Waals surface area contributed by atoms with Crippen LogP contribution in [0.5, 0.6) is 5.75 Å². The van der Waals surface area contributed by atoms with E-state index in [0.717, 1.165) is 0 Å². The summed E-state index contributed by atoms with van der Waals surface area (Å²) < 4.78 is 11.9. The predicted molar refractivity (Wildman–Crippen MR) is 43.1 cm³/mol. The Kier molecular flexibility index (Phi) is 2.43. The number of hydrogen-bond donors (Lipinski definition) is 1. The molecular formula is C9H9FO2. The van der Waals surface area contributed by atoms with Crippen LogP contribution in [-0.4, -0.2) is 17.6 Å². The van der Waals surface area contributed by atoms with Gasteiger partial charge in [0.15, 0.2) is 12.5 Å². The van der Waals surface area contributed by atoms with Crippen molar-refractivity contribution in [2.24, 2.45) is 0 Å². The smallest absolute Gasteiger partial charge is 0.197 e. The maximum Gasteiger partial charge on any atom is 0.197 e. The van der Waals surface area contributed by atoms with Crippen molar-refractivity contribution in [2.75, 3.05) is 6.67 Å². The van der Waals surface area contributed by atoms with Gasteiger partial charge in [-0.25, -0.2) is 4.39 Å². The highest BCUT2D eigenvalue weighted by Crippen LogP contribution is 2.21. The topological polar surface area (TPSA) is 37.3 Å². The molecule has 0 spiro atoms. The van der Waals surface area contributed by atoms with Gasteiger partial charge in [0.2, 0.25) is 0 Å². The molecule has 1 N–H and O–H groups in total. The lowest BCUT2D eigenvalue weighted by molar-refractivity contribution is 0.0956. The number of para-hydroxylation sites is 1. The molecule has 0 radical (unpaired) electrons. The van der Waals surface area contributed by atoms with E-state index in [2.05, 4.69) is 0 Å². The number of alkyl halides is 1. The molecule has 0 aromatic heterocycles. The Hall–Kier alpha value is -1.38. The van der Waals surface area contributed by atoms with Crippen LogP contribution in [0.15, 0.2) is 18.2 Å². The lowest BCUT2D eigenvalue weighted by Gasteiger charge is -2.02. The number of phenolic OH excluding ortho intramolecular Hbond substituents is 1. The van der Waals surface area contributed by atoms with Crippen LogP contribution >= 0.6 is 0 Å². The zero-order chi connectivity index (χ0) is 9.14. The molecule has 0 saturated carbocycles. The van der Waals surface area contributed by atoms with Crippen molar-refractivity contribution in [1.82, 2.24) is 0 Å². The van der Waals surface area contributed by atoms with E-state index < -0.39 is 12.5 Å². The molecule has 0 amide bonds. The summed E-state index contributed by atoms with van der Waals surface area (Å²) in [4.78, 5) is 10.9. The van der Waals surface area contributed by atoms with Crippen LogP contribution in [0.1, 0.15) is 15.9 Å². The molecule has 2 nitrogen and oxygen atoms in total. The van der Waals surface area contributed by atoms with Gasteiger partial charge in [-0.05, 0) is 18.6 Å². The van der Waals surface area contributed by atoms with Crippen molar-refractivity contribution in [3.63, 3.8) is 0 Å². The lowest BCUT2D eigenvalue weighted by atomic mass is 10.1. The zero-order valence-electron chi connectivity index (χ0n) is 6.67. The summed E-state index contributed by atoms with van der Waals surface area (Å²) in [7, 11) is 0. The second-order valence-corrected chi connectivity index (χ2v) is 2.53. The van der Waals surface area contributed by atoms with E-state index in [1.807, 2.05) is 0 Å². The van der Waals surface area contributed by atoms with Gasteiger partial charge in [-0.1, -0.05) is 12.1 Å². The van der Waals surface area contributed by atoms with Gasteiger partial charge in [-0.3, -0.25) is 4.79 Å². The number of Topliss-reactive ketones (excluding diaryl/α,β-unsaturated/α-hetero) is 1. The number of carbonyl (C=O) groups is 1. The van der Waals surface area contributed by atoms with Crippen LogP contribution in [0.2, 0.25) is 0 Å². The Morgan fingerprint density at radius 1 is 1.58 bits per heavy atom.